The van der Waals surface area contributed by atoms with Crippen molar-refractivity contribution in [3.8, 4) is 5.75 Å². The summed E-state index contributed by atoms with van der Waals surface area (Å²) in [6.45, 7) is 3.79. The molecule has 0 aliphatic rings. The topological polar surface area (TPSA) is 63.5 Å². The van der Waals surface area contributed by atoms with Gasteiger partial charge in [-0.05, 0) is 48.7 Å². The smallest absolute Gasteiger partial charge is 0.352 e. The van der Waals surface area contributed by atoms with Gasteiger partial charge in [-0.25, -0.2) is 4.79 Å². The third-order valence-electron chi connectivity index (χ3n) is 5.90. The lowest BCUT2D eigenvalue weighted by molar-refractivity contribution is 0.0684. The Kier molecular flexibility index (Phi) is 6.57. The van der Waals surface area contributed by atoms with Crippen LogP contribution in [0.4, 0.5) is 0 Å². The van der Waals surface area contributed by atoms with Crippen molar-refractivity contribution in [1.82, 2.24) is 9.88 Å². The fourth-order valence-electron chi connectivity index (χ4n) is 4.16. The van der Waals surface area contributed by atoms with E-state index in [-0.39, 0.29) is 0 Å². The van der Waals surface area contributed by atoms with Crippen LogP contribution < -0.4 is 10.1 Å². The number of methoxy groups -OCH3 is 1. The van der Waals surface area contributed by atoms with E-state index in [4.69, 9.17) is 4.74 Å². The minimum Gasteiger partial charge on any atom is -0.497 e. The van der Waals surface area contributed by atoms with Crippen molar-refractivity contribution in [2.24, 2.45) is 0 Å². The van der Waals surface area contributed by atoms with Gasteiger partial charge in [-0.1, -0.05) is 54.6 Å². The summed E-state index contributed by atoms with van der Waals surface area (Å²) in [6.07, 6.45) is 0.888. The molecule has 0 saturated heterocycles. The molecule has 0 amide bonds. The number of aromatic nitrogens is 1. The van der Waals surface area contributed by atoms with Crippen molar-refractivity contribution in [1.29, 1.82) is 0 Å². The molecule has 0 aliphatic heterocycles. The van der Waals surface area contributed by atoms with Crippen LogP contribution in [-0.4, -0.2) is 29.3 Å². The monoisotopic (exact) mass is 428 g/mol. The van der Waals surface area contributed by atoms with Crippen molar-refractivity contribution >= 4 is 16.9 Å². The first-order chi connectivity index (χ1) is 15.6. The van der Waals surface area contributed by atoms with Gasteiger partial charge in [-0.2, -0.15) is 0 Å². The molecular formula is C27H28N2O3. The van der Waals surface area contributed by atoms with E-state index in [1.165, 1.54) is 5.56 Å². The molecule has 1 heterocycles. The second-order valence-corrected chi connectivity index (χ2v) is 7.94. The summed E-state index contributed by atoms with van der Waals surface area (Å²) in [6, 6.07) is 24.1. The first-order valence-electron chi connectivity index (χ1n) is 10.8. The van der Waals surface area contributed by atoms with E-state index in [0.29, 0.717) is 24.5 Å². The van der Waals surface area contributed by atoms with E-state index < -0.39 is 5.97 Å². The predicted molar refractivity (Wildman–Crippen MR) is 128 cm³/mol. The molecule has 0 aliphatic carbocycles. The Morgan fingerprint density at radius 2 is 1.78 bits per heavy atom. The van der Waals surface area contributed by atoms with Crippen LogP contribution in [0.2, 0.25) is 0 Å². The van der Waals surface area contributed by atoms with Crippen LogP contribution in [0.25, 0.3) is 10.9 Å². The number of rotatable bonds is 9. The maximum Gasteiger partial charge on any atom is 0.352 e. The van der Waals surface area contributed by atoms with Crippen molar-refractivity contribution in [2.75, 3.05) is 13.7 Å². The minimum atomic E-state index is -0.923. The van der Waals surface area contributed by atoms with Gasteiger partial charge < -0.3 is 19.7 Å². The highest BCUT2D eigenvalue weighted by atomic mass is 16.5. The summed E-state index contributed by atoms with van der Waals surface area (Å²) in [4.78, 5) is 12.4. The van der Waals surface area contributed by atoms with Gasteiger partial charge in [0.15, 0.2) is 0 Å². The molecule has 2 N–H and O–H groups in total. The average molecular weight is 429 g/mol. The van der Waals surface area contributed by atoms with Crippen LogP contribution >= 0.6 is 0 Å². The molecule has 0 unspecified atom stereocenters. The molecule has 32 heavy (non-hydrogen) atoms. The maximum atomic E-state index is 12.4. The minimum absolute atomic E-state index is 0.323. The maximum absolute atomic E-state index is 12.4. The summed E-state index contributed by atoms with van der Waals surface area (Å²) < 4.78 is 7.33. The molecule has 0 saturated carbocycles. The highest BCUT2D eigenvalue weighted by molar-refractivity contribution is 5.98. The molecule has 5 nitrogen and oxygen atoms in total. The molecule has 0 bridgehead atoms. The molecule has 0 spiro atoms. The van der Waals surface area contributed by atoms with Crippen LogP contribution in [0.1, 0.15) is 32.7 Å². The first kappa shape index (κ1) is 21.7. The van der Waals surface area contributed by atoms with Crippen molar-refractivity contribution in [3.05, 3.63) is 101 Å². The zero-order valence-corrected chi connectivity index (χ0v) is 18.5. The fraction of sp³-hybridized carbons (Fsp3) is 0.222. The average Bonchev–Trinajstić information content (AvgIpc) is 3.11. The van der Waals surface area contributed by atoms with E-state index in [1.807, 2.05) is 72.2 Å². The van der Waals surface area contributed by atoms with E-state index in [1.54, 1.807) is 7.11 Å². The van der Waals surface area contributed by atoms with Gasteiger partial charge in [-0.3, -0.25) is 0 Å². The lowest BCUT2D eigenvalue weighted by atomic mass is 10.1. The number of carboxylic acid groups (broad SMARTS) is 1. The standard InChI is InChI=1S/C27H28N2O3/c1-19-8-6-7-11-21(19)18-29-25-16-22(32-2)12-13-23(25)24(26(29)27(30)31)17-28-15-14-20-9-4-3-5-10-20/h3-13,16,28H,14-15,17-18H2,1-2H3,(H,30,31). The van der Waals surface area contributed by atoms with Gasteiger partial charge in [0.25, 0.3) is 0 Å². The Morgan fingerprint density at radius 1 is 1.03 bits per heavy atom. The SMILES string of the molecule is COc1ccc2c(CNCCc3ccccc3)c(C(=O)O)n(Cc3ccccc3C)c2c1. The Bertz CT molecular complexity index is 1230. The zero-order valence-electron chi connectivity index (χ0n) is 18.5. The number of aryl methyl sites for hydroxylation is 1. The lowest BCUT2D eigenvalue weighted by Gasteiger charge is -2.12. The quantitative estimate of drug-likeness (QED) is 0.367. The molecular weight excluding hydrogens is 400 g/mol. The lowest BCUT2D eigenvalue weighted by Crippen LogP contribution is -2.19. The Morgan fingerprint density at radius 3 is 2.50 bits per heavy atom. The van der Waals surface area contributed by atoms with Crippen LogP contribution in [0, 0.1) is 6.92 Å². The number of carboxylic acids is 1. The molecule has 5 heteroatoms. The summed E-state index contributed by atoms with van der Waals surface area (Å²) in [7, 11) is 1.62. The molecule has 1 aromatic heterocycles. The van der Waals surface area contributed by atoms with Crippen molar-refractivity contribution in [3.63, 3.8) is 0 Å². The summed E-state index contributed by atoms with van der Waals surface area (Å²) >= 11 is 0. The summed E-state index contributed by atoms with van der Waals surface area (Å²) in [5.41, 5.74) is 5.48. The number of nitrogens with zero attached hydrogens (tertiary/aromatic N) is 1. The molecule has 4 rings (SSSR count). The van der Waals surface area contributed by atoms with Gasteiger partial charge in [-0.15, -0.1) is 0 Å². The Labute approximate surface area is 188 Å². The van der Waals surface area contributed by atoms with Gasteiger partial charge in [0.05, 0.1) is 12.6 Å². The number of benzene rings is 3. The van der Waals surface area contributed by atoms with Crippen LogP contribution in [0.3, 0.4) is 0 Å². The largest absolute Gasteiger partial charge is 0.497 e. The van der Waals surface area contributed by atoms with E-state index in [2.05, 4.69) is 17.4 Å². The van der Waals surface area contributed by atoms with Gasteiger partial charge in [0, 0.05) is 30.1 Å². The molecule has 0 atom stereocenters. The summed E-state index contributed by atoms with van der Waals surface area (Å²) in [5.74, 6) is -0.213. The van der Waals surface area contributed by atoms with E-state index in [0.717, 1.165) is 40.6 Å². The highest BCUT2D eigenvalue weighted by Crippen LogP contribution is 2.31. The normalized spacial score (nSPS) is 11.1. The van der Waals surface area contributed by atoms with Crippen LogP contribution in [-0.2, 0) is 19.5 Å². The Hall–Kier alpha value is -3.57. The van der Waals surface area contributed by atoms with Gasteiger partial charge >= 0.3 is 5.97 Å². The zero-order chi connectivity index (χ0) is 22.5. The molecule has 0 radical (unpaired) electrons. The number of hydrogen-bond acceptors (Lipinski definition) is 3. The number of fused-ring (bicyclic) bond motifs is 1. The predicted octanol–water partition coefficient (Wildman–Crippen LogP) is 5.04. The molecule has 4 aromatic rings. The second-order valence-electron chi connectivity index (χ2n) is 7.94. The third kappa shape index (κ3) is 4.53. The highest BCUT2D eigenvalue weighted by Gasteiger charge is 2.23. The van der Waals surface area contributed by atoms with Crippen LogP contribution in [0.15, 0.2) is 72.8 Å². The summed E-state index contributed by atoms with van der Waals surface area (Å²) in [5, 5.41) is 14.6. The van der Waals surface area contributed by atoms with E-state index >= 15 is 0 Å². The van der Waals surface area contributed by atoms with E-state index in [9.17, 15) is 9.90 Å². The molecule has 0 fully saturated rings. The molecule has 3 aromatic carbocycles. The van der Waals surface area contributed by atoms with Crippen molar-refractivity contribution < 1.29 is 14.6 Å². The fourth-order valence-corrected chi connectivity index (χ4v) is 4.16. The van der Waals surface area contributed by atoms with Gasteiger partial charge in [0.1, 0.15) is 11.4 Å². The second kappa shape index (κ2) is 9.71. The number of nitrogens with one attached hydrogen (secondary N) is 1. The third-order valence-corrected chi connectivity index (χ3v) is 5.90. The van der Waals surface area contributed by atoms with Crippen molar-refractivity contribution in [2.45, 2.75) is 26.4 Å². The van der Waals surface area contributed by atoms with Crippen LogP contribution in [0.5, 0.6) is 5.75 Å². The van der Waals surface area contributed by atoms with Gasteiger partial charge in [0.2, 0.25) is 0 Å². The number of carbonyl (C=O) groups is 1. The molecule has 164 valence electrons. The first-order valence-corrected chi connectivity index (χ1v) is 10.8. The number of aromatic carboxylic acids is 1. The number of ether oxygens (including phenoxy) is 1. The Balaban J connectivity index is 1.70. The number of hydrogen-bond donors (Lipinski definition) is 2.